The molecule has 2 amide bonds. The molecule has 1 atom stereocenters. The minimum atomic E-state index is -0.415. The third kappa shape index (κ3) is 3.87. The summed E-state index contributed by atoms with van der Waals surface area (Å²) in [4.78, 5) is 26.2. The van der Waals surface area contributed by atoms with Gasteiger partial charge in [0.05, 0.1) is 5.92 Å². The van der Waals surface area contributed by atoms with Crippen LogP contribution >= 0.6 is 0 Å². The minimum Gasteiger partial charge on any atom is -0.326 e. The van der Waals surface area contributed by atoms with Crippen LogP contribution in [-0.4, -0.2) is 18.4 Å². The molecule has 1 N–H and O–H groups in total. The van der Waals surface area contributed by atoms with Gasteiger partial charge in [-0.25, -0.2) is 4.39 Å². The van der Waals surface area contributed by atoms with Crippen LogP contribution in [0.25, 0.3) is 0 Å². The number of anilines is 2. The van der Waals surface area contributed by atoms with E-state index in [1.807, 2.05) is 24.3 Å². The fourth-order valence-electron chi connectivity index (χ4n) is 2.95. The summed E-state index contributed by atoms with van der Waals surface area (Å²) in [5, 5.41) is 2.87. The number of hydrogen-bond donors (Lipinski definition) is 1. The zero-order valence-electron chi connectivity index (χ0n) is 14.3. The number of hydrogen-bond acceptors (Lipinski definition) is 2. The third-order valence-electron chi connectivity index (χ3n) is 4.48. The van der Waals surface area contributed by atoms with Crippen molar-refractivity contribution in [1.29, 1.82) is 0 Å². The molecule has 0 bridgehead atoms. The van der Waals surface area contributed by atoms with E-state index in [2.05, 4.69) is 19.2 Å². The van der Waals surface area contributed by atoms with E-state index in [0.29, 0.717) is 18.2 Å². The van der Waals surface area contributed by atoms with Gasteiger partial charge in [-0.05, 0) is 47.9 Å². The molecule has 1 aliphatic rings. The van der Waals surface area contributed by atoms with Crippen molar-refractivity contribution in [2.24, 2.45) is 5.92 Å². The van der Waals surface area contributed by atoms with E-state index in [0.717, 1.165) is 5.69 Å². The van der Waals surface area contributed by atoms with Gasteiger partial charge in [-0.15, -0.1) is 0 Å². The van der Waals surface area contributed by atoms with E-state index in [-0.39, 0.29) is 24.1 Å². The molecule has 2 aromatic rings. The highest BCUT2D eigenvalue weighted by Gasteiger charge is 2.35. The molecule has 3 rings (SSSR count). The number of benzene rings is 2. The molecule has 4 nitrogen and oxygen atoms in total. The lowest BCUT2D eigenvalue weighted by atomic mass is 10.0. The van der Waals surface area contributed by atoms with Crippen LogP contribution in [0.15, 0.2) is 48.5 Å². The van der Waals surface area contributed by atoms with Crippen LogP contribution in [-0.2, 0) is 9.59 Å². The minimum absolute atomic E-state index is 0.123. The van der Waals surface area contributed by atoms with Crippen LogP contribution in [0.2, 0.25) is 0 Å². The molecular weight excluding hydrogens is 319 g/mol. The van der Waals surface area contributed by atoms with Crippen molar-refractivity contribution >= 4 is 23.2 Å². The van der Waals surface area contributed by atoms with Gasteiger partial charge in [0.25, 0.3) is 0 Å². The van der Waals surface area contributed by atoms with Crippen LogP contribution in [0, 0.1) is 11.7 Å². The quantitative estimate of drug-likeness (QED) is 0.916. The Labute approximate surface area is 146 Å². The first-order chi connectivity index (χ1) is 11.9. The molecule has 1 heterocycles. The summed E-state index contributed by atoms with van der Waals surface area (Å²) in [6.45, 7) is 4.53. The second-order valence-electron chi connectivity index (χ2n) is 6.65. The highest BCUT2D eigenvalue weighted by molar-refractivity contribution is 6.03. The number of amides is 2. The average Bonchev–Trinajstić information content (AvgIpc) is 2.98. The van der Waals surface area contributed by atoms with Gasteiger partial charge in [-0.3, -0.25) is 9.59 Å². The molecule has 0 aromatic heterocycles. The van der Waals surface area contributed by atoms with E-state index in [1.54, 1.807) is 12.1 Å². The Balaban J connectivity index is 1.65. The van der Waals surface area contributed by atoms with Gasteiger partial charge < -0.3 is 10.2 Å². The maximum absolute atomic E-state index is 13.0. The van der Waals surface area contributed by atoms with Crippen molar-refractivity contribution in [3.63, 3.8) is 0 Å². The Hall–Kier alpha value is -2.69. The predicted molar refractivity (Wildman–Crippen MR) is 96.0 cm³/mol. The van der Waals surface area contributed by atoms with Crippen LogP contribution in [0.3, 0.4) is 0 Å². The van der Waals surface area contributed by atoms with E-state index >= 15 is 0 Å². The van der Waals surface area contributed by atoms with Crippen molar-refractivity contribution in [3.05, 3.63) is 59.9 Å². The molecule has 0 unspecified atom stereocenters. The molecular formula is C20H21FN2O2. The number of rotatable bonds is 4. The summed E-state index contributed by atoms with van der Waals surface area (Å²) in [6, 6.07) is 13.5. The summed E-state index contributed by atoms with van der Waals surface area (Å²) in [5.41, 5.74) is 2.54. The van der Waals surface area contributed by atoms with Crippen molar-refractivity contribution in [3.8, 4) is 0 Å². The normalized spacial score (nSPS) is 17.2. The highest BCUT2D eigenvalue weighted by Crippen LogP contribution is 2.26. The maximum Gasteiger partial charge on any atom is 0.229 e. The standard InChI is InChI=1S/C20H21FN2O2/c1-13(2)14-3-7-17(8-4-14)22-20(25)15-11-19(24)23(12-15)18-9-5-16(21)6-10-18/h3-10,13,15H,11-12H2,1-2H3,(H,22,25)/t15-/m1/s1. The molecule has 130 valence electrons. The second-order valence-corrected chi connectivity index (χ2v) is 6.65. The first-order valence-electron chi connectivity index (χ1n) is 8.41. The monoisotopic (exact) mass is 340 g/mol. The highest BCUT2D eigenvalue weighted by atomic mass is 19.1. The molecule has 1 aliphatic heterocycles. The Morgan fingerprint density at radius 3 is 2.36 bits per heavy atom. The molecule has 2 aromatic carbocycles. The Bertz CT molecular complexity index is 769. The lowest BCUT2D eigenvalue weighted by molar-refractivity contribution is -0.122. The number of carbonyl (C=O) groups excluding carboxylic acids is 2. The molecule has 5 heteroatoms. The summed E-state index contributed by atoms with van der Waals surface area (Å²) in [7, 11) is 0. The Morgan fingerprint density at radius 2 is 1.76 bits per heavy atom. The molecule has 1 fully saturated rings. The van der Waals surface area contributed by atoms with E-state index in [1.165, 1.54) is 22.6 Å². The van der Waals surface area contributed by atoms with Gasteiger partial charge in [0.2, 0.25) is 11.8 Å². The van der Waals surface area contributed by atoms with Crippen LogP contribution in [0.4, 0.5) is 15.8 Å². The van der Waals surface area contributed by atoms with Crippen LogP contribution in [0.5, 0.6) is 0 Å². The Morgan fingerprint density at radius 1 is 1.12 bits per heavy atom. The van der Waals surface area contributed by atoms with Crippen molar-refractivity contribution in [1.82, 2.24) is 0 Å². The lowest BCUT2D eigenvalue weighted by Gasteiger charge is -2.16. The van der Waals surface area contributed by atoms with Crippen LogP contribution in [0.1, 0.15) is 31.7 Å². The van der Waals surface area contributed by atoms with Gasteiger partial charge in [-0.1, -0.05) is 26.0 Å². The first kappa shape index (κ1) is 17.1. The molecule has 25 heavy (non-hydrogen) atoms. The smallest absolute Gasteiger partial charge is 0.229 e. The predicted octanol–water partition coefficient (Wildman–Crippen LogP) is 3.94. The molecule has 0 aliphatic carbocycles. The van der Waals surface area contributed by atoms with Crippen molar-refractivity contribution in [2.75, 3.05) is 16.8 Å². The number of halogens is 1. The van der Waals surface area contributed by atoms with Gasteiger partial charge in [-0.2, -0.15) is 0 Å². The van der Waals surface area contributed by atoms with Gasteiger partial charge in [0, 0.05) is 24.3 Å². The summed E-state index contributed by atoms with van der Waals surface area (Å²) >= 11 is 0. The van der Waals surface area contributed by atoms with E-state index in [9.17, 15) is 14.0 Å². The zero-order chi connectivity index (χ0) is 18.0. The Kier molecular flexibility index (Phi) is 4.83. The molecule has 0 saturated carbocycles. The second kappa shape index (κ2) is 7.05. The molecule has 1 saturated heterocycles. The van der Waals surface area contributed by atoms with E-state index in [4.69, 9.17) is 0 Å². The summed E-state index contributed by atoms with van der Waals surface area (Å²) < 4.78 is 13.0. The van der Waals surface area contributed by atoms with Gasteiger partial charge >= 0.3 is 0 Å². The largest absolute Gasteiger partial charge is 0.326 e. The maximum atomic E-state index is 13.0. The fourth-order valence-corrected chi connectivity index (χ4v) is 2.95. The number of nitrogens with one attached hydrogen (secondary N) is 1. The molecule has 0 spiro atoms. The fraction of sp³-hybridized carbons (Fsp3) is 0.300. The van der Waals surface area contributed by atoms with Crippen molar-refractivity contribution < 1.29 is 14.0 Å². The SMILES string of the molecule is CC(C)c1ccc(NC(=O)[C@@H]2CC(=O)N(c3ccc(F)cc3)C2)cc1. The number of carbonyl (C=O) groups is 2. The summed E-state index contributed by atoms with van der Waals surface area (Å²) in [5.74, 6) is -0.629. The first-order valence-corrected chi connectivity index (χ1v) is 8.41. The van der Waals surface area contributed by atoms with Gasteiger partial charge in [0.15, 0.2) is 0 Å². The van der Waals surface area contributed by atoms with E-state index < -0.39 is 5.92 Å². The average molecular weight is 340 g/mol. The summed E-state index contributed by atoms with van der Waals surface area (Å²) in [6.07, 6.45) is 0.160. The zero-order valence-corrected chi connectivity index (χ0v) is 14.3. The lowest BCUT2D eigenvalue weighted by Crippen LogP contribution is -2.28. The topological polar surface area (TPSA) is 49.4 Å². The van der Waals surface area contributed by atoms with Gasteiger partial charge in [0.1, 0.15) is 5.82 Å². The van der Waals surface area contributed by atoms with Crippen LogP contribution < -0.4 is 10.2 Å². The van der Waals surface area contributed by atoms with Crippen molar-refractivity contribution in [2.45, 2.75) is 26.2 Å². The molecule has 0 radical (unpaired) electrons. The third-order valence-corrected chi connectivity index (χ3v) is 4.48. The number of nitrogens with zero attached hydrogens (tertiary/aromatic N) is 1.